The summed E-state index contributed by atoms with van der Waals surface area (Å²) in [7, 11) is 0. The van der Waals surface area contributed by atoms with E-state index in [1.165, 1.54) is 0 Å². The van der Waals surface area contributed by atoms with Crippen molar-refractivity contribution in [2.24, 2.45) is 5.92 Å². The molecular formula is C13H22N2O2. The molecule has 1 N–H and O–H groups in total. The van der Waals surface area contributed by atoms with E-state index in [0.717, 1.165) is 19.3 Å². The van der Waals surface area contributed by atoms with Crippen LogP contribution in [0.1, 0.15) is 46.5 Å². The van der Waals surface area contributed by atoms with Crippen molar-refractivity contribution < 1.29 is 9.59 Å². The Balaban J connectivity index is 2.20. The molecule has 2 fully saturated rings. The minimum atomic E-state index is -0.268. The first-order valence-electron chi connectivity index (χ1n) is 6.56. The Morgan fingerprint density at radius 1 is 1.35 bits per heavy atom. The third kappa shape index (κ3) is 2.45. The molecule has 0 aromatic carbocycles. The van der Waals surface area contributed by atoms with E-state index in [0.29, 0.717) is 18.9 Å². The molecule has 0 radical (unpaired) electrons. The van der Waals surface area contributed by atoms with Crippen LogP contribution in [-0.4, -0.2) is 34.8 Å². The average Bonchev–Trinajstić information content (AvgIpc) is 3.08. The van der Waals surface area contributed by atoms with Crippen molar-refractivity contribution in [1.82, 2.24) is 10.2 Å². The molecule has 2 rings (SSSR count). The highest BCUT2D eigenvalue weighted by Gasteiger charge is 2.43. The number of carbonyl (C=O) groups excluding carboxylic acids is 2. The Kier molecular flexibility index (Phi) is 3.15. The lowest BCUT2D eigenvalue weighted by Crippen LogP contribution is -2.53. The van der Waals surface area contributed by atoms with Gasteiger partial charge in [-0.1, -0.05) is 6.92 Å². The highest BCUT2D eigenvalue weighted by Crippen LogP contribution is 2.35. The van der Waals surface area contributed by atoms with E-state index < -0.39 is 0 Å². The summed E-state index contributed by atoms with van der Waals surface area (Å²) in [5, 5.41) is 2.89. The van der Waals surface area contributed by atoms with Crippen molar-refractivity contribution in [3.63, 3.8) is 0 Å². The molecule has 1 atom stereocenters. The molecule has 17 heavy (non-hydrogen) atoms. The van der Waals surface area contributed by atoms with E-state index in [1.807, 2.05) is 4.90 Å². The van der Waals surface area contributed by atoms with E-state index >= 15 is 0 Å². The highest BCUT2D eigenvalue weighted by molar-refractivity contribution is 5.90. The van der Waals surface area contributed by atoms with Crippen LogP contribution >= 0.6 is 0 Å². The Morgan fingerprint density at radius 2 is 2.00 bits per heavy atom. The number of rotatable bonds is 3. The lowest BCUT2D eigenvalue weighted by atomic mass is 9.97. The van der Waals surface area contributed by atoms with Crippen LogP contribution in [0.5, 0.6) is 0 Å². The van der Waals surface area contributed by atoms with Crippen molar-refractivity contribution >= 4 is 11.8 Å². The summed E-state index contributed by atoms with van der Waals surface area (Å²) in [5.41, 5.74) is -0.156. The monoisotopic (exact) mass is 238 g/mol. The zero-order valence-electron chi connectivity index (χ0n) is 11.0. The quantitative estimate of drug-likeness (QED) is 0.805. The maximum absolute atomic E-state index is 12.5. The van der Waals surface area contributed by atoms with Crippen molar-refractivity contribution in [3.8, 4) is 0 Å². The molecule has 1 heterocycles. The van der Waals surface area contributed by atoms with Gasteiger partial charge >= 0.3 is 0 Å². The molecule has 0 bridgehead atoms. The maximum Gasteiger partial charge on any atom is 0.245 e. The molecule has 96 valence electrons. The predicted molar refractivity (Wildman–Crippen MR) is 65.4 cm³/mol. The summed E-state index contributed by atoms with van der Waals surface area (Å²) < 4.78 is 0. The molecule has 1 saturated heterocycles. The molecule has 1 unspecified atom stereocenters. The number of amides is 2. The van der Waals surface area contributed by atoms with Crippen LogP contribution in [0.15, 0.2) is 0 Å². The van der Waals surface area contributed by atoms with E-state index in [-0.39, 0.29) is 23.4 Å². The number of carbonyl (C=O) groups is 2. The maximum atomic E-state index is 12.5. The van der Waals surface area contributed by atoms with Gasteiger partial charge in [-0.3, -0.25) is 9.59 Å². The first-order valence-corrected chi connectivity index (χ1v) is 6.56. The van der Waals surface area contributed by atoms with Gasteiger partial charge in [0, 0.05) is 18.5 Å². The van der Waals surface area contributed by atoms with Gasteiger partial charge in [-0.2, -0.15) is 0 Å². The lowest BCUT2D eigenvalue weighted by Gasteiger charge is -2.38. The molecule has 2 amide bonds. The zero-order chi connectivity index (χ0) is 12.6. The molecule has 0 aromatic rings. The van der Waals surface area contributed by atoms with Crippen LogP contribution in [-0.2, 0) is 9.59 Å². The summed E-state index contributed by atoms with van der Waals surface area (Å²) in [6.45, 7) is 6.78. The standard InChI is InChI=1S/C13H22N2O2/c1-4-13(2,3)15-8-7-10(16)14-11(12(15)17)9-5-6-9/h9,11H,4-8H2,1-3H3,(H,14,16). The summed E-state index contributed by atoms with van der Waals surface area (Å²) in [4.78, 5) is 26.0. The van der Waals surface area contributed by atoms with Crippen molar-refractivity contribution in [2.75, 3.05) is 6.54 Å². The fourth-order valence-electron chi connectivity index (χ4n) is 2.34. The van der Waals surface area contributed by atoms with Gasteiger partial charge in [0.05, 0.1) is 0 Å². The van der Waals surface area contributed by atoms with Gasteiger partial charge in [0.1, 0.15) is 6.04 Å². The smallest absolute Gasteiger partial charge is 0.245 e. The van der Waals surface area contributed by atoms with Crippen molar-refractivity contribution in [2.45, 2.75) is 58.0 Å². The summed E-state index contributed by atoms with van der Waals surface area (Å²) in [5.74, 6) is 0.509. The van der Waals surface area contributed by atoms with Crippen LogP contribution in [0.4, 0.5) is 0 Å². The van der Waals surface area contributed by atoms with Gasteiger partial charge in [-0.05, 0) is 39.0 Å². The zero-order valence-corrected chi connectivity index (χ0v) is 11.0. The number of hydrogen-bond acceptors (Lipinski definition) is 2. The van der Waals surface area contributed by atoms with Gasteiger partial charge in [-0.15, -0.1) is 0 Å². The van der Waals surface area contributed by atoms with Crippen LogP contribution < -0.4 is 5.32 Å². The van der Waals surface area contributed by atoms with Gasteiger partial charge in [0.25, 0.3) is 0 Å². The number of nitrogens with one attached hydrogen (secondary N) is 1. The Bertz CT molecular complexity index is 334. The minimum absolute atomic E-state index is 0.0182. The summed E-state index contributed by atoms with van der Waals surface area (Å²) in [6, 6.07) is -0.268. The van der Waals surface area contributed by atoms with Crippen LogP contribution in [0.25, 0.3) is 0 Å². The van der Waals surface area contributed by atoms with Crippen LogP contribution in [0.2, 0.25) is 0 Å². The first-order chi connectivity index (χ1) is 7.95. The molecule has 0 aromatic heterocycles. The van der Waals surface area contributed by atoms with Crippen molar-refractivity contribution in [3.05, 3.63) is 0 Å². The van der Waals surface area contributed by atoms with E-state index in [9.17, 15) is 9.59 Å². The summed E-state index contributed by atoms with van der Waals surface area (Å²) in [6.07, 6.45) is 3.47. The number of nitrogens with zero attached hydrogens (tertiary/aromatic N) is 1. The molecule has 1 saturated carbocycles. The normalized spacial score (nSPS) is 26.8. The molecule has 4 nitrogen and oxygen atoms in total. The largest absolute Gasteiger partial charge is 0.344 e. The van der Waals surface area contributed by atoms with Crippen LogP contribution in [0, 0.1) is 5.92 Å². The third-order valence-corrected chi connectivity index (χ3v) is 4.10. The fraction of sp³-hybridized carbons (Fsp3) is 0.846. The predicted octanol–water partition coefficient (Wildman–Crippen LogP) is 1.30. The molecule has 1 aliphatic carbocycles. The second-order valence-corrected chi connectivity index (χ2v) is 5.79. The SMILES string of the molecule is CCC(C)(C)N1CCC(=O)NC(C2CC2)C1=O. The van der Waals surface area contributed by atoms with Crippen LogP contribution in [0.3, 0.4) is 0 Å². The van der Waals surface area contributed by atoms with Gasteiger partial charge in [-0.25, -0.2) is 0 Å². The Labute approximate surface area is 103 Å². The second-order valence-electron chi connectivity index (χ2n) is 5.79. The first kappa shape index (κ1) is 12.4. The highest BCUT2D eigenvalue weighted by atomic mass is 16.2. The van der Waals surface area contributed by atoms with Gasteiger partial charge < -0.3 is 10.2 Å². The third-order valence-electron chi connectivity index (χ3n) is 4.10. The molecular weight excluding hydrogens is 216 g/mol. The molecule has 4 heteroatoms. The van der Waals surface area contributed by atoms with E-state index in [2.05, 4.69) is 26.1 Å². The Morgan fingerprint density at radius 3 is 2.53 bits per heavy atom. The summed E-state index contributed by atoms with van der Waals surface area (Å²) >= 11 is 0. The topological polar surface area (TPSA) is 49.4 Å². The van der Waals surface area contributed by atoms with E-state index in [1.54, 1.807) is 0 Å². The molecule has 2 aliphatic rings. The van der Waals surface area contributed by atoms with E-state index in [4.69, 9.17) is 0 Å². The van der Waals surface area contributed by atoms with Crippen molar-refractivity contribution in [1.29, 1.82) is 0 Å². The lowest BCUT2D eigenvalue weighted by molar-refractivity contribution is -0.139. The molecule has 0 spiro atoms. The van der Waals surface area contributed by atoms with Gasteiger partial charge in [0.2, 0.25) is 11.8 Å². The fourth-order valence-corrected chi connectivity index (χ4v) is 2.34. The average molecular weight is 238 g/mol. The molecule has 1 aliphatic heterocycles. The van der Waals surface area contributed by atoms with Gasteiger partial charge in [0.15, 0.2) is 0 Å². The Hall–Kier alpha value is -1.06. The second kappa shape index (κ2) is 4.31. The minimum Gasteiger partial charge on any atom is -0.344 e. The number of hydrogen-bond donors (Lipinski definition) is 1.